The molecule has 1 fully saturated rings. The van der Waals surface area contributed by atoms with Crippen molar-refractivity contribution in [3.8, 4) is 0 Å². The Morgan fingerprint density at radius 2 is 1.90 bits per heavy atom. The molecule has 7 nitrogen and oxygen atoms in total. The molecule has 0 saturated carbocycles. The van der Waals surface area contributed by atoms with E-state index in [9.17, 15) is 4.79 Å². The monoisotopic (exact) mass is 409 g/mol. The molecule has 30 heavy (non-hydrogen) atoms. The second-order valence-electron chi connectivity index (χ2n) is 7.42. The van der Waals surface area contributed by atoms with Crippen LogP contribution in [-0.2, 0) is 11.3 Å². The number of aryl methyl sites for hydroxylation is 1. The minimum atomic E-state index is -0.476. The first-order valence-corrected chi connectivity index (χ1v) is 10.4. The van der Waals surface area contributed by atoms with Gasteiger partial charge in [0.1, 0.15) is 0 Å². The van der Waals surface area contributed by atoms with Crippen LogP contribution in [0.15, 0.2) is 53.5 Å². The third-order valence-electron chi connectivity index (χ3n) is 5.08. The maximum absolute atomic E-state index is 11.3. The normalized spacial score (nSPS) is 16.3. The van der Waals surface area contributed by atoms with Gasteiger partial charge < -0.3 is 20.3 Å². The smallest absolute Gasteiger partial charge is 0.411 e. The van der Waals surface area contributed by atoms with E-state index in [2.05, 4.69) is 63.7 Å². The number of aliphatic imine (C=N–C) groups is 1. The third kappa shape index (κ3) is 6.14. The molecule has 0 radical (unpaired) electrons. The van der Waals surface area contributed by atoms with Crippen molar-refractivity contribution in [3.63, 3.8) is 0 Å². The van der Waals surface area contributed by atoms with Crippen LogP contribution in [0.2, 0.25) is 0 Å². The van der Waals surface area contributed by atoms with E-state index in [1.54, 1.807) is 0 Å². The van der Waals surface area contributed by atoms with Gasteiger partial charge in [0.25, 0.3) is 0 Å². The molecular formula is C23H31N5O2. The van der Waals surface area contributed by atoms with Gasteiger partial charge in [0.2, 0.25) is 0 Å². The summed E-state index contributed by atoms with van der Waals surface area (Å²) in [6.45, 7) is 7.54. The fourth-order valence-electron chi connectivity index (χ4n) is 3.41. The number of rotatable bonds is 6. The average Bonchev–Trinajstić information content (AvgIpc) is 3.22. The molecule has 1 saturated heterocycles. The summed E-state index contributed by atoms with van der Waals surface area (Å²) in [4.78, 5) is 18.4. The van der Waals surface area contributed by atoms with Gasteiger partial charge in [-0.3, -0.25) is 5.32 Å². The highest BCUT2D eigenvalue weighted by atomic mass is 16.5. The molecule has 1 atom stereocenters. The highest BCUT2D eigenvalue weighted by Gasteiger charge is 2.23. The molecule has 1 heterocycles. The number of amides is 1. The van der Waals surface area contributed by atoms with Gasteiger partial charge in [0, 0.05) is 37.1 Å². The number of guanidine groups is 1. The van der Waals surface area contributed by atoms with Crippen molar-refractivity contribution in [2.24, 2.45) is 4.99 Å². The lowest BCUT2D eigenvalue weighted by atomic mass is 10.2. The number of hydrogen-bond acceptors (Lipinski definition) is 4. The Bertz CT molecular complexity index is 849. The van der Waals surface area contributed by atoms with Crippen molar-refractivity contribution in [1.29, 1.82) is 0 Å². The molecule has 3 rings (SSSR count). The van der Waals surface area contributed by atoms with Crippen LogP contribution in [0.1, 0.15) is 24.5 Å². The van der Waals surface area contributed by atoms with E-state index in [1.807, 2.05) is 24.3 Å². The SMILES string of the molecule is CCNC(=NCc1ccc(NC(=O)OC)cc1)NC1CCN(c2ccc(C)cc2)C1. The second kappa shape index (κ2) is 10.5. The molecule has 160 valence electrons. The molecule has 0 aromatic heterocycles. The number of benzene rings is 2. The summed E-state index contributed by atoms with van der Waals surface area (Å²) in [7, 11) is 1.35. The highest BCUT2D eigenvalue weighted by molar-refractivity contribution is 5.84. The van der Waals surface area contributed by atoms with Gasteiger partial charge in [-0.15, -0.1) is 0 Å². The van der Waals surface area contributed by atoms with E-state index < -0.39 is 6.09 Å². The number of nitrogens with zero attached hydrogens (tertiary/aromatic N) is 2. The Morgan fingerprint density at radius 1 is 1.17 bits per heavy atom. The summed E-state index contributed by atoms with van der Waals surface area (Å²) in [6.07, 6.45) is 0.599. The summed E-state index contributed by atoms with van der Waals surface area (Å²) >= 11 is 0. The van der Waals surface area contributed by atoms with Crippen molar-refractivity contribution in [2.45, 2.75) is 32.9 Å². The largest absolute Gasteiger partial charge is 0.453 e. The van der Waals surface area contributed by atoms with Crippen LogP contribution in [0.3, 0.4) is 0 Å². The van der Waals surface area contributed by atoms with E-state index >= 15 is 0 Å². The molecule has 2 aromatic rings. The van der Waals surface area contributed by atoms with E-state index in [4.69, 9.17) is 4.99 Å². The fraction of sp³-hybridized carbons (Fsp3) is 0.391. The lowest BCUT2D eigenvalue weighted by Crippen LogP contribution is -2.44. The summed E-state index contributed by atoms with van der Waals surface area (Å²) in [5.41, 5.74) is 4.31. The average molecular weight is 410 g/mol. The Kier molecular flexibility index (Phi) is 7.54. The van der Waals surface area contributed by atoms with E-state index in [1.165, 1.54) is 18.4 Å². The zero-order chi connectivity index (χ0) is 21.3. The first kappa shape index (κ1) is 21.5. The number of anilines is 2. The molecule has 2 aromatic carbocycles. The number of hydrogen-bond donors (Lipinski definition) is 3. The predicted molar refractivity (Wildman–Crippen MR) is 122 cm³/mol. The Balaban J connectivity index is 1.55. The number of nitrogens with one attached hydrogen (secondary N) is 3. The number of ether oxygens (including phenoxy) is 1. The van der Waals surface area contributed by atoms with Gasteiger partial charge in [0.05, 0.1) is 13.7 Å². The van der Waals surface area contributed by atoms with Crippen LogP contribution < -0.4 is 20.9 Å². The molecule has 7 heteroatoms. The van der Waals surface area contributed by atoms with Gasteiger partial charge in [-0.25, -0.2) is 9.79 Å². The zero-order valence-corrected chi connectivity index (χ0v) is 17.9. The molecule has 1 aliphatic heterocycles. The lowest BCUT2D eigenvalue weighted by molar-refractivity contribution is 0.187. The molecule has 0 spiro atoms. The van der Waals surface area contributed by atoms with Crippen LogP contribution >= 0.6 is 0 Å². The van der Waals surface area contributed by atoms with Gasteiger partial charge in [0.15, 0.2) is 5.96 Å². The fourth-order valence-corrected chi connectivity index (χ4v) is 3.41. The van der Waals surface area contributed by atoms with Crippen molar-refractivity contribution >= 4 is 23.4 Å². The Morgan fingerprint density at radius 3 is 2.57 bits per heavy atom. The maximum Gasteiger partial charge on any atom is 0.411 e. The maximum atomic E-state index is 11.3. The van der Waals surface area contributed by atoms with Crippen LogP contribution in [-0.4, -0.2) is 44.8 Å². The summed E-state index contributed by atoms with van der Waals surface area (Å²) in [6, 6.07) is 16.7. The van der Waals surface area contributed by atoms with Crippen LogP contribution in [0, 0.1) is 6.92 Å². The molecule has 1 aliphatic rings. The van der Waals surface area contributed by atoms with Gasteiger partial charge in [-0.05, 0) is 50.1 Å². The van der Waals surface area contributed by atoms with Gasteiger partial charge in [-0.2, -0.15) is 0 Å². The lowest BCUT2D eigenvalue weighted by Gasteiger charge is -2.20. The number of carbonyl (C=O) groups excluding carboxylic acids is 1. The molecule has 1 amide bonds. The van der Waals surface area contributed by atoms with Crippen LogP contribution in [0.5, 0.6) is 0 Å². The molecule has 3 N–H and O–H groups in total. The van der Waals surface area contributed by atoms with E-state index in [-0.39, 0.29) is 0 Å². The summed E-state index contributed by atoms with van der Waals surface area (Å²) < 4.78 is 4.60. The van der Waals surface area contributed by atoms with Crippen molar-refractivity contribution in [3.05, 3.63) is 59.7 Å². The minimum absolute atomic E-state index is 0.357. The number of methoxy groups -OCH3 is 1. The molecule has 0 aliphatic carbocycles. The van der Waals surface area contributed by atoms with Gasteiger partial charge in [-0.1, -0.05) is 29.8 Å². The zero-order valence-electron chi connectivity index (χ0n) is 17.9. The summed E-state index contributed by atoms with van der Waals surface area (Å²) in [5, 5.41) is 9.55. The van der Waals surface area contributed by atoms with Gasteiger partial charge >= 0.3 is 6.09 Å². The van der Waals surface area contributed by atoms with Crippen molar-refractivity contribution in [1.82, 2.24) is 10.6 Å². The Hall–Kier alpha value is -3.22. The standard InChI is InChI=1S/C23H31N5O2/c1-4-24-22(25-15-18-7-9-19(10-8-18)27-23(29)30-3)26-20-13-14-28(16-20)21-11-5-17(2)6-12-21/h5-12,20H,4,13-16H2,1-3H3,(H,27,29)(H2,24,25,26). The Labute approximate surface area is 178 Å². The number of carbonyl (C=O) groups is 1. The first-order valence-electron chi connectivity index (χ1n) is 10.4. The second-order valence-corrected chi connectivity index (χ2v) is 7.42. The van der Waals surface area contributed by atoms with E-state index in [0.717, 1.165) is 37.6 Å². The highest BCUT2D eigenvalue weighted by Crippen LogP contribution is 2.20. The molecule has 1 unspecified atom stereocenters. The molecule has 0 bridgehead atoms. The van der Waals surface area contributed by atoms with E-state index in [0.29, 0.717) is 18.3 Å². The van der Waals surface area contributed by atoms with Crippen LogP contribution in [0.4, 0.5) is 16.2 Å². The van der Waals surface area contributed by atoms with Crippen molar-refractivity contribution in [2.75, 3.05) is 37.0 Å². The van der Waals surface area contributed by atoms with Crippen molar-refractivity contribution < 1.29 is 9.53 Å². The summed E-state index contributed by atoms with van der Waals surface area (Å²) in [5.74, 6) is 0.824. The minimum Gasteiger partial charge on any atom is -0.453 e. The third-order valence-corrected chi connectivity index (χ3v) is 5.08. The quantitative estimate of drug-likeness (QED) is 0.503. The first-order chi connectivity index (χ1) is 14.6. The van der Waals surface area contributed by atoms with Crippen LogP contribution in [0.25, 0.3) is 0 Å². The topological polar surface area (TPSA) is 78.0 Å². The molecular weight excluding hydrogens is 378 g/mol. The predicted octanol–water partition coefficient (Wildman–Crippen LogP) is 3.51.